The fourth-order valence-electron chi connectivity index (χ4n) is 3.62. The summed E-state index contributed by atoms with van der Waals surface area (Å²) in [7, 11) is 0. The Morgan fingerprint density at radius 1 is 0.867 bits per heavy atom. The van der Waals surface area contributed by atoms with Crippen molar-refractivity contribution in [3.63, 3.8) is 0 Å². The minimum atomic E-state index is 0.955. The molecule has 1 saturated carbocycles. The SMILES string of the molecule is CC1CCC(C2CNCCC2C)CC1C. The molecule has 15 heavy (non-hydrogen) atoms. The van der Waals surface area contributed by atoms with Crippen LogP contribution in [0.2, 0.25) is 0 Å². The molecule has 1 heteroatoms. The number of rotatable bonds is 1. The molecule has 5 unspecified atom stereocenters. The summed E-state index contributed by atoms with van der Waals surface area (Å²) < 4.78 is 0. The molecule has 2 aliphatic rings. The van der Waals surface area contributed by atoms with Crippen LogP contribution in [0, 0.1) is 29.6 Å². The standard InChI is InChI=1S/C14H27N/c1-10-4-5-13(8-12(10)3)14-9-15-7-6-11(14)2/h10-15H,4-9H2,1-3H3. The van der Waals surface area contributed by atoms with Crippen LogP contribution < -0.4 is 5.32 Å². The largest absolute Gasteiger partial charge is 0.316 e. The van der Waals surface area contributed by atoms with Crippen LogP contribution in [0.25, 0.3) is 0 Å². The quantitative estimate of drug-likeness (QED) is 0.698. The Bertz CT molecular complexity index is 202. The second-order valence-corrected chi connectivity index (χ2v) is 6.16. The molecule has 1 aliphatic heterocycles. The van der Waals surface area contributed by atoms with Crippen LogP contribution in [-0.4, -0.2) is 13.1 Å². The minimum Gasteiger partial charge on any atom is -0.316 e. The van der Waals surface area contributed by atoms with Gasteiger partial charge < -0.3 is 5.32 Å². The summed E-state index contributed by atoms with van der Waals surface area (Å²) in [6.07, 6.45) is 5.83. The second kappa shape index (κ2) is 4.86. The lowest BCUT2D eigenvalue weighted by molar-refractivity contribution is 0.105. The third-order valence-electron chi connectivity index (χ3n) is 5.13. The molecular weight excluding hydrogens is 182 g/mol. The van der Waals surface area contributed by atoms with Crippen LogP contribution in [0.1, 0.15) is 46.5 Å². The van der Waals surface area contributed by atoms with Gasteiger partial charge in [0.2, 0.25) is 0 Å². The van der Waals surface area contributed by atoms with Gasteiger partial charge >= 0.3 is 0 Å². The highest BCUT2D eigenvalue weighted by atomic mass is 14.9. The molecular formula is C14H27N. The molecule has 0 aromatic rings. The third kappa shape index (κ3) is 2.55. The molecule has 1 nitrogen and oxygen atoms in total. The van der Waals surface area contributed by atoms with Gasteiger partial charge in [0.1, 0.15) is 0 Å². The lowest BCUT2D eigenvalue weighted by Gasteiger charge is -2.41. The fraction of sp³-hybridized carbons (Fsp3) is 1.00. The molecule has 5 atom stereocenters. The zero-order chi connectivity index (χ0) is 10.8. The molecule has 0 radical (unpaired) electrons. The molecule has 0 spiro atoms. The Kier molecular flexibility index (Phi) is 3.71. The highest BCUT2D eigenvalue weighted by molar-refractivity contribution is 4.85. The van der Waals surface area contributed by atoms with E-state index >= 15 is 0 Å². The molecule has 1 heterocycles. The molecule has 0 bridgehead atoms. The monoisotopic (exact) mass is 209 g/mol. The zero-order valence-electron chi connectivity index (χ0n) is 10.6. The lowest BCUT2D eigenvalue weighted by Crippen LogP contribution is -2.41. The molecule has 0 amide bonds. The summed E-state index contributed by atoms with van der Waals surface area (Å²) in [5.74, 6) is 4.86. The van der Waals surface area contributed by atoms with E-state index in [1.807, 2.05) is 0 Å². The van der Waals surface area contributed by atoms with E-state index < -0.39 is 0 Å². The van der Waals surface area contributed by atoms with E-state index in [0.29, 0.717) is 0 Å². The predicted molar refractivity (Wildman–Crippen MR) is 65.8 cm³/mol. The van der Waals surface area contributed by atoms with Gasteiger partial charge in [-0.3, -0.25) is 0 Å². The van der Waals surface area contributed by atoms with Gasteiger partial charge in [0, 0.05) is 0 Å². The molecule has 0 aromatic carbocycles. The van der Waals surface area contributed by atoms with E-state index in [-0.39, 0.29) is 0 Å². The maximum atomic E-state index is 3.59. The van der Waals surface area contributed by atoms with E-state index in [0.717, 1.165) is 29.6 Å². The van der Waals surface area contributed by atoms with Crippen molar-refractivity contribution in [1.29, 1.82) is 0 Å². The Labute approximate surface area is 95.0 Å². The number of piperidine rings is 1. The second-order valence-electron chi connectivity index (χ2n) is 6.16. The number of nitrogens with one attached hydrogen (secondary N) is 1. The van der Waals surface area contributed by atoms with Crippen molar-refractivity contribution >= 4 is 0 Å². The Hall–Kier alpha value is -0.0400. The van der Waals surface area contributed by atoms with Gasteiger partial charge in [-0.2, -0.15) is 0 Å². The van der Waals surface area contributed by atoms with Crippen molar-refractivity contribution in [2.75, 3.05) is 13.1 Å². The van der Waals surface area contributed by atoms with E-state index in [1.54, 1.807) is 0 Å². The minimum absolute atomic E-state index is 0.955. The van der Waals surface area contributed by atoms with Gasteiger partial charge in [-0.15, -0.1) is 0 Å². The summed E-state index contributed by atoms with van der Waals surface area (Å²) in [6, 6.07) is 0. The Morgan fingerprint density at radius 2 is 1.67 bits per heavy atom. The Morgan fingerprint density at radius 3 is 2.33 bits per heavy atom. The normalized spacial score (nSPS) is 47.8. The molecule has 2 rings (SSSR count). The molecule has 1 aliphatic carbocycles. The van der Waals surface area contributed by atoms with Crippen molar-refractivity contribution < 1.29 is 0 Å². The summed E-state index contributed by atoms with van der Waals surface area (Å²) in [5, 5.41) is 3.59. The lowest BCUT2D eigenvalue weighted by atomic mass is 9.67. The van der Waals surface area contributed by atoms with Crippen LogP contribution >= 0.6 is 0 Å². The van der Waals surface area contributed by atoms with Crippen LogP contribution in [0.15, 0.2) is 0 Å². The molecule has 88 valence electrons. The van der Waals surface area contributed by atoms with Crippen molar-refractivity contribution in [1.82, 2.24) is 5.32 Å². The van der Waals surface area contributed by atoms with Gasteiger partial charge in [0.05, 0.1) is 0 Å². The first kappa shape index (κ1) is 11.4. The summed E-state index contributed by atoms with van der Waals surface area (Å²) >= 11 is 0. The van der Waals surface area contributed by atoms with E-state index in [9.17, 15) is 0 Å². The zero-order valence-corrected chi connectivity index (χ0v) is 10.6. The maximum Gasteiger partial charge on any atom is -0.00153 e. The smallest absolute Gasteiger partial charge is 0.00153 e. The van der Waals surface area contributed by atoms with Crippen LogP contribution in [-0.2, 0) is 0 Å². The third-order valence-corrected chi connectivity index (χ3v) is 5.13. The van der Waals surface area contributed by atoms with E-state index in [2.05, 4.69) is 26.1 Å². The summed E-state index contributed by atoms with van der Waals surface area (Å²) in [6.45, 7) is 9.89. The number of hydrogen-bond donors (Lipinski definition) is 1. The average Bonchev–Trinajstić information content (AvgIpc) is 2.23. The molecule has 0 aromatic heterocycles. The molecule has 1 N–H and O–H groups in total. The molecule has 1 saturated heterocycles. The predicted octanol–water partition coefficient (Wildman–Crippen LogP) is 3.30. The first-order chi connectivity index (χ1) is 7.18. The average molecular weight is 209 g/mol. The van der Waals surface area contributed by atoms with Crippen LogP contribution in [0.4, 0.5) is 0 Å². The summed E-state index contributed by atoms with van der Waals surface area (Å²) in [5.41, 5.74) is 0. The van der Waals surface area contributed by atoms with Crippen molar-refractivity contribution in [2.24, 2.45) is 29.6 Å². The van der Waals surface area contributed by atoms with Crippen molar-refractivity contribution in [3.8, 4) is 0 Å². The molecule has 2 fully saturated rings. The highest BCUT2D eigenvalue weighted by Gasteiger charge is 2.33. The van der Waals surface area contributed by atoms with Gasteiger partial charge in [0.25, 0.3) is 0 Å². The van der Waals surface area contributed by atoms with Gasteiger partial charge in [-0.1, -0.05) is 27.2 Å². The Balaban J connectivity index is 1.92. The van der Waals surface area contributed by atoms with Gasteiger partial charge in [-0.05, 0) is 61.9 Å². The maximum absolute atomic E-state index is 3.59. The number of hydrogen-bond acceptors (Lipinski definition) is 1. The topological polar surface area (TPSA) is 12.0 Å². The van der Waals surface area contributed by atoms with Gasteiger partial charge in [0.15, 0.2) is 0 Å². The first-order valence-corrected chi connectivity index (χ1v) is 6.89. The van der Waals surface area contributed by atoms with E-state index in [1.165, 1.54) is 38.8 Å². The highest BCUT2D eigenvalue weighted by Crippen LogP contribution is 2.40. The van der Waals surface area contributed by atoms with Crippen LogP contribution in [0.5, 0.6) is 0 Å². The van der Waals surface area contributed by atoms with E-state index in [4.69, 9.17) is 0 Å². The van der Waals surface area contributed by atoms with Crippen molar-refractivity contribution in [3.05, 3.63) is 0 Å². The van der Waals surface area contributed by atoms with Crippen molar-refractivity contribution in [2.45, 2.75) is 46.5 Å². The fourth-order valence-corrected chi connectivity index (χ4v) is 3.62. The first-order valence-electron chi connectivity index (χ1n) is 6.89. The van der Waals surface area contributed by atoms with Gasteiger partial charge in [-0.25, -0.2) is 0 Å². The van der Waals surface area contributed by atoms with Crippen LogP contribution in [0.3, 0.4) is 0 Å². The summed E-state index contributed by atoms with van der Waals surface area (Å²) in [4.78, 5) is 0.